The van der Waals surface area contributed by atoms with Crippen molar-refractivity contribution in [3.8, 4) is 0 Å². The maximum atomic E-state index is 13.2. The summed E-state index contributed by atoms with van der Waals surface area (Å²) >= 11 is 0. The quantitative estimate of drug-likeness (QED) is 0.830. The van der Waals surface area contributed by atoms with Crippen LogP contribution >= 0.6 is 0 Å². The van der Waals surface area contributed by atoms with Gasteiger partial charge in [-0.3, -0.25) is 9.59 Å². The second-order valence-corrected chi connectivity index (χ2v) is 7.52. The topological polar surface area (TPSA) is 71.3 Å². The average molecular weight is 331 g/mol. The molecule has 0 aromatic carbocycles. The van der Waals surface area contributed by atoms with E-state index in [-0.39, 0.29) is 17.9 Å². The Bertz CT molecular complexity index is 611. The molecule has 1 unspecified atom stereocenters. The molecule has 24 heavy (non-hydrogen) atoms. The number of likely N-dealkylation sites (tertiary alicyclic amines) is 2. The molecule has 1 saturated carbocycles. The van der Waals surface area contributed by atoms with Gasteiger partial charge in [0.2, 0.25) is 11.8 Å². The third-order valence-electron chi connectivity index (χ3n) is 6.03. The maximum absolute atomic E-state index is 13.2. The Balaban J connectivity index is 1.43. The van der Waals surface area contributed by atoms with Gasteiger partial charge in [0.1, 0.15) is 19.2 Å². The summed E-state index contributed by atoms with van der Waals surface area (Å²) in [5, 5.41) is 7.47. The van der Waals surface area contributed by atoms with E-state index in [9.17, 15) is 9.59 Å². The fourth-order valence-corrected chi connectivity index (χ4v) is 4.69. The van der Waals surface area contributed by atoms with Crippen LogP contribution in [0.1, 0.15) is 44.9 Å². The lowest BCUT2D eigenvalue weighted by Crippen LogP contribution is -2.53. The minimum atomic E-state index is -0.330. The summed E-state index contributed by atoms with van der Waals surface area (Å²) in [6.45, 7) is 2.42. The Morgan fingerprint density at radius 3 is 2.62 bits per heavy atom. The molecule has 2 aliphatic heterocycles. The van der Waals surface area contributed by atoms with Gasteiger partial charge in [-0.1, -0.05) is 12.8 Å². The number of carbonyl (C=O) groups is 2. The predicted molar refractivity (Wildman–Crippen MR) is 86.9 cm³/mol. The van der Waals surface area contributed by atoms with Crippen LogP contribution in [0.15, 0.2) is 12.7 Å². The van der Waals surface area contributed by atoms with Gasteiger partial charge in [-0.25, -0.2) is 0 Å². The first-order valence-corrected chi connectivity index (χ1v) is 9.09. The molecule has 1 aliphatic carbocycles. The Labute approximate surface area is 142 Å². The van der Waals surface area contributed by atoms with E-state index in [1.807, 2.05) is 4.90 Å². The second-order valence-electron chi connectivity index (χ2n) is 7.52. The first kappa shape index (κ1) is 15.6. The number of piperidine rings is 1. The highest BCUT2D eigenvalue weighted by Crippen LogP contribution is 2.42. The zero-order valence-corrected chi connectivity index (χ0v) is 14.1. The highest BCUT2D eigenvalue weighted by Gasteiger charge is 2.50. The van der Waals surface area contributed by atoms with Crippen LogP contribution < -0.4 is 0 Å². The number of hydrogen-bond acceptors (Lipinski definition) is 4. The molecule has 1 atom stereocenters. The van der Waals surface area contributed by atoms with E-state index in [0.717, 1.165) is 38.6 Å². The van der Waals surface area contributed by atoms with Crippen molar-refractivity contribution >= 4 is 11.8 Å². The maximum Gasteiger partial charge on any atom is 0.242 e. The third kappa shape index (κ3) is 2.70. The van der Waals surface area contributed by atoms with E-state index < -0.39 is 0 Å². The molecule has 0 bridgehead atoms. The fourth-order valence-electron chi connectivity index (χ4n) is 4.69. The molecule has 1 spiro atoms. The van der Waals surface area contributed by atoms with E-state index >= 15 is 0 Å². The normalized spacial score (nSPS) is 28.2. The van der Waals surface area contributed by atoms with E-state index in [4.69, 9.17) is 0 Å². The molecule has 2 amide bonds. The summed E-state index contributed by atoms with van der Waals surface area (Å²) in [5.74, 6) is 0.359. The molecule has 1 aromatic rings. The Hall–Kier alpha value is -1.92. The molecule has 0 radical (unpaired) electrons. The smallest absolute Gasteiger partial charge is 0.242 e. The highest BCUT2D eigenvalue weighted by atomic mass is 16.2. The van der Waals surface area contributed by atoms with Gasteiger partial charge in [-0.2, -0.15) is 0 Å². The number of carbonyl (C=O) groups excluding carboxylic acids is 2. The highest BCUT2D eigenvalue weighted by molar-refractivity contribution is 5.86. The predicted octanol–water partition coefficient (Wildman–Crippen LogP) is 1.06. The molecule has 0 N–H and O–H groups in total. The molecule has 3 fully saturated rings. The molecular weight excluding hydrogens is 306 g/mol. The van der Waals surface area contributed by atoms with Gasteiger partial charge in [-0.05, 0) is 32.1 Å². The van der Waals surface area contributed by atoms with Crippen LogP contribution in [0.25, 0.3) is 0 Å². The first-order chi connectivity index (χ1) is 11.7. The SMILES string of the molecule is O=C(Cn1cnnc1)N1CCC2(CCCN(C3CCCC3)C2=O)C1. The van der Waals surface area contributed by atoms with Gasteiger partial charge in [0.25, 0.3) is 0 Å². The third-order valence-corrected chi connectivity index (χ3v) is 6.03. The fraction of sp³-hybridized carbons (Fsp3) is 0.765. The van der Waals surface area contributed by atoms with Gasteiger partial charge in [-0.15, -0.1) is 10.2 Å². The Morgan fingerprint density at radius 1 is 1.12 bits per heavy atom. The van der Waals surface area contributed by atoms with Crippen molar-refractivity contribution in [1.82, 2.24) is 24.6 Å². The summed E-state index contributed by atoms with van der Waals surface area (Å²) in [5.41, 5.74) is -0.330. The van der Waals surface area contributed by atoms with E-state index in [1.54, 1.807) is 17.2 Å². The van der Waals surface area contributed by atoms with Crippen molar-refractivity contribution in [2.45, 2.75) is 57.5 Å². The van der Waals surface area contributed by atoms with Gasteiger partial charge >= 0.3 is 0 Å². The van der Waals surface area contributed by atoms with Gasteiger partial charge in [0.05, 0.1) is 5.41 Å². The van der Waals surface area contributed by atoms with Crippen LogP contribution in [0.3, 0.4) is 0 Å². The van der Waals surface area contributed by atoms with Crippen molar-refractivity contribution in [2.75, 3.05) is 19.6 Å². The lowest BCUT2D eigenvalue weighted by molar-refractivity contribution is -0.148. The Kier molecular flexibility index (Phi) is 4.02. The standard InChI is InChI=1S/C17H25N5O2/c23-15(10-20-12-18-19-13-20)21-9-7-17(11-21)6-3-8-22(16(17)24)14-4-1-2-5-14/h12-14H,1-11H2. The van der Waals surface area contributed by atoms with Gasteiger partial charge in [0, 0.05) is 25.7 Å². The first-order valence-electron chi connectivity index (χ1n) is 9.09. The Morgan fingerprint density at radius 2 is 1.88 bits per heavy atom. The molecule has 2 saturated heterocycles. The zero-order valence-electron chi connectivity index (χ0n) is 14.1. The van der Waals surface area contributed by atoms with Crippen molar-refractivity contribution in [2.24, 2.45) is 5.41 Å². The lowest BCUT2D eigenvalue weighted by atomic mass is 9.77. The van der Waals surface area contributed by atoms with Crippen LogP contribution in [0, 0.1) is 5.41 Å². The summed E-state index contributed by atoms with van der Waals surface area (Å²) in [7, 11) is 0. The van der Waals surface area contributed by atoms with Crippen LogP contribution in [0.2, 0.25) is 0 Å². The van der Waals surface area contributed by atoms with E-state index in [2.05, 4.69) is 15.1 Å². The molecular formula is C17H25N5O2. The number of rotatable bonds is 3. The van der Waals surface area contributed by atoms with Gasteiger partial charge in [0.15, 0.2) is 0 Å². The monoisotopic (exact) mass is 331 g/mol. The molecule has 7 nitrogen and oxygen atoms in total. The number of hydrogen-bond donors (Lipinski definition) is 0. The molecule has 1 aromatic heterocycles. The van der Waals surface area contributed by atoms with Crippen molar-refractivity contribution in [3.63, 3.8) is 0 Å². The largest absolute Gasteiger partial charge is 0.340 e. The molecule has 7 heteroatoms. The number of nitrogens with zero attached hydrogens (tertiary/aromatic N) is 5. The second kappa shape index (κ2) is 6.18. The summed E-state index contributed by atoms with van der Waals surface area (Å²) in [6.07, 6.45) is 10.7. The van der Waals surface area contributed by atoms with Crippen molar-refractivity contribution < 1.29 is 9.59 Å². The molecule has 3 aliphatic rings. The van der Waals surface area contributed by atoms with Crippen LogP contribution in [-0.4, -0.2) is 62.1 Å². The summed E-state index contributed by atoms with van der Waals surface area (Å²) < 4.78 is 1.68. The minimum Gasteiger partial charge on any atom is -0.340 e. The minimum absolute atomic E-state index is 0.0532. The van der Waals surface area contributed by atoms with Crippen molar-refractivity contribution in [3.05, 3.63) is 12.7 Å². The van der Waals surface area contributed by atoms with Crippen LogP contribution in [0.4, 0.5) is 0 Å². The molecule has 4 rings (SSSR count). The van der Waals surface area contributed by atoms with Gasteiger partial charge < -0.3 is 14.4 Å². The van der Waals surface area contributed by atoms with E-state index in [1.165, 1.54) is 12.8 Å². The van der Waals surface area contributed by atoms with Crippen molar-refractivity contribution in [1.29, 1.82) is 0 Å². The van der Waals surface area contributed by atoms with E-state index in [0.29, 0.717) is 25.0 Å². The summed E-state index contributed by atoms with van der Waals surface area (Å²) in [4.78, 5) is 29.7. The average Bonchev–Trinajstić information content (AvgIpc) is 3.32. The van der Waals surface area contributed by atoms with Crippen LogP contribution in [0.5, 0.6) is 0 Å². The zero-order chi connectivity index (χ0) is 16.6. The summed E-state index contributed by atoms with van der Waals surface area (Å²) in [6, 6.07) is 0.441. The number of aromatic nitrogens is 3. The lowest BCUT2D eigenvalue weighted by Gasteiger charge is -2.42. The molecule has 3 heterocycles. The number of amides is 2. The van der Waals surface area contributed by atoms with Crippen LogP contribution in [-0.2, 0) is 16.1 Å². The molecule has 130 valence electrons.